The van der Waals surface area contributed by atoms with E-state index in [-0.39, 0.29) is 36.2 Å². The molecule has 0 fully saturated rings. The summed E-state index contributed by atoms with van der Waals surface area (Å²) >= 11 is 5.90. The molecule has 0 saturated carbocycles. The van der Waals surface area contributed by atoms with Crippen molar-refractivity contribution in [2.75, 3.05) is 20.3 Å². The van der Waals surface area contributed by atoms with Gasteiger partial charge in [-0.05, 0) is 36.4 Å². The van der Waals surface area contributed by atoms with Gasteiger partial charge in [0, 0.05) is 24.2 Å². The average Bonchev–Trinajstić information content (AvgIpc) is 3.52. The largest absolute Gasteiger partial charge is 0.441 e. The lowest BCUT2D eigenvalue weighted by Gasteiger charge is -2.15. The zero-order valence-corrected chi connectivity index (χ0v) is 23.9. The number of carbonyl (C=O) groups is 1. The van der Waals surface area contributed by atoms with Crippen LogP contribution < -0.4 is 11.0 Å². The molecule has 2 aromatic heterocycles. The Labute approximate surface area is 254 Å². The van der Waals surface area contributed by atoms with Crippen molar-refractivity contribution in [3.8, 4) is 17.1 Å². The summed E-state index contributed by atoms with van der Waals surface area (Å²) in [7, 11) is 1.40. The van der Waals surface area contributed by atoms with Crippen molar-refractivity contribution >= 4 is 17.7 Å². The first-order valence-corrected chi connectivity index (χ1v) is 13.3. The number of carbonyl (C=O) groups excluding carboxylic acids is 1. The number of ether oxygens (including phenoxy) is 2. The Morgan fingerprint density at radius 1 is 1.07 bits per heavy atom. The molecule has 0 aliphatic carbocycles. The third-order valence-corrected chi connectivity index (χ3v) is 6.37. The standard InChI is InChI=1S/C26H24ClF6N7O5/c1-44-11-10-34-23(42)45-14-21-35-20(36-40(21)18-5-3-2-4-17(18)25(28,29)30)13-39-24(43)38(12-19(41)26(31,32)33)22(37-39)15-6-8-16(27)9-7-15/h2-9,19,41H,10-14H2,1H3,(H,34,42)/t19-/m0/s1. The van der Waals surface area contributed by atoms with Crippen LogP contribution in [0.5, 0.6) is 0 Å². The molecule has 12 nitrogen and oxygen atoms in total. The number of amides is 1. The fraction of sp³-hybridized carbons (Fsp3) is 0.346. The van der Waals surface area contributed by atoms with E-state index in [9.17, 15) is 41.0 Å². The van der Waals surface area contributed by atoms with Crippen molar-refractivity contribution in [1.29, 1.82) is 0 Å². The number of hydrogen-bond donors (Lipinski definition) is 2. The lowest BCUT2D eigenvalue weighted by molar-refractivity contribution is -0.207. The predicted octanol–water partition coefficient (Wildman–Crippen LogP) is 3.81. The Morgan fingerprint density at radius 3 is 2.40 bits per heavy atom. The van der Waals surface area contributed by atoms with Crippen LogP contribution in [0.2, 0.25) is 5.02 Å². The van der Waals surface area contributed by atoms with Gasteiger partial charge in [0.05, 0.1) is 24.4 Å². The van der Waals surface area contributed by atoms with Gasteiger partial charge in [0.2, 0.25) is 0 Å². The molecule has 2 aromatic carbocycles. The molecule has 1 atom stereocenters. The van der Waals surface area contributed by atoms with Gasteiger partial charge in [-0.3, -0.25) is 4.57 Å². The summed E-state index contributed by atoms with van der Waals surface area (Å²) in [4.78, 5) is 29.5. The predicted molar refractivity (Wildman–Crippen MR) is 145 cm³/mol. The Bertz CT molecular complexity index is 1690. The molecule has 0 saturated heterocycles. The van der Waals surface area contributed by atoms with E-state index in [1.165, 1.54) is 37.4 Å². The van der Waals surface area contributed by atoms with E-state index in [0.717, 1.165) is 22.9 Å². The minimum absolute atomic E-state index is 0.0781. The minimum atomic E-state index is -5.06. The van der Waals surface area contributed by atoms with Gasteiger partial charge in [-0.2, -0.15) is 26.3 Å². The molecule has 19 heteroatoms. The van der Waals surface area contributed by atoms with E-state index >= 15 is 0 Å². The molecule has 45 heavy (non-hydrogen) atoms. The van der Waals surface area contributed by atoms with Crippen molar-refractivity contribution in [3.05, 3.63) is 81.3 Å². The first-order valence-electron chi connectivity index (χ1n) is 12.9. The zero-order chi connectivity index (χ0) is 32.9. The maximum Gasteiger partial charge on any atom is 0.418 e. The lowest BCUT2D eigenvalue weighted by atomic mass is 10.1. The molecule has 0 radical (unpaired) electrons. The van der Waals surface area contributed by atoms with E-state index in [1.54, 1.807) is 0 Å². The topological polar surface area (TPSA) is 138 Å². The summed E-state index contributed by atoms with van der Waals surface area (Å²) < 4.78 is 93.0. The molecule has 0 bridgehead atoms. The van der Waals surface area contributed by atoms with E-state index in [0.29, 0.717) is 14.3 Å². The molecular formula is C26H24ClF6N7O5. The number of nitrogens with zero attached hydrogens (tertiary/aromatic N) is 6. The summed E-state index contributed by atoms with van der Waals surface area (Å²) in [5.74, 6) is -0.837. The SMILES string of the molecule is COCCNC(=O)OCc1nc(Cn2nc(-c3ccc(Cl)cc3)n(C[C@H](O)C(F)(F)F)c2=O)nn1-c1ccccc1C(F)(F)F. The number of aliphatic hydroxyl groups excluding tert-OH is 1. The molecular weight excluding hydrogens is 640 g/mol. The smallest absolute Gasteiger partial charge is 0.418 e. The number of benzene rings is 2. The van der Waals surface area contributed by atoms with Gasteiger partial charge in [0.25, 0.3) is 0 Å². The highest BCUT2D eigenvalue weighted by molar-refractivity contribution is 6.30. The second-order valence-electron chi connectivity index (χ2n) is 9.31. The molecule has 2 N–H and O–H groups in total. The van der Waals surface area contributed by atoms with Gasteiger partial charge < -0.3 is 19.9 Å². The molecule has 2 heterocycles. The van der Waals surface area contributed by atoms with Crippen molar-refractivity contribution in [3.63, 3.8) is 0 Å². The summed E-state index contributed by atoms with van der Waals surface area (Å²) in [5, 5.41) is 20.5. The third kappa shape index (κ3) is 8.20. The van der Waals surface area contributed by atoms with Crippen LogP contribution >= 0.6 is 11.6 Å². The van der Waals surface area contributed by atoms with Gasteiger partial charge in [-0.1, -0.05) is 23.7 Å². The van der Waals surface area contributed by atoms with Gasteiger partial charge in [-0.25, -0.2) is 23.9 Å². The molecule has 4 rings (SSSR count). The van der Waals surface area contributed by atoms with Crippen LogP contribution in [-0.4, -0.2) is 72.9 Å². The summed E-state index contributed by atoms with van der Waals surface area (Å²) in [6, 6.07) is 9.96. The van der Waals surface area contributed by atoms with E-state index < -0.39 is 61.2 Å². The number of halogens is 7. The number of methoxy groups -OCH3 is 1. The number of para-hydroxylation sites is 1. The number of rotatable bonds is 11. The highest BCUT2D eigenvalue weighted by atomic mass is 35.5. The second-order valence-corrected chi connectivity index (χ2v) is 9.74. The van der Waals surface area contributed by atoms with Crippen LogP contribution in [0.25, 0.3) is 17.1 Å². The maximum atomic E-state index is 13.8. The van der Waals surface area contributed by atoms with Crippen molar-refractivity contribution in [2.24, 2.45) is 0 Å². The average molecular weight is 664 g/mol. The number of aliphatic hydroxyl groups is 1. The van der Waals surface area contributed by atoms with E-state index in [1.807, 2.05) is 0 Å². The van der Waals surface area contributed by atoms with Crippen LogP contribution in [0.3, 0.4) is 0 Å². The van der Waals surface area contributed by atoms with E-state index in [2.05, 4.69) is 20.5 Å². The summed E-state index contributed by atoms with van der Waals surface area (Å²) in [5.41, 5.74) is -2.50. The fourth-order valence-electron chi connectivity index (χ4n) is 4.01. The normalized spacial score (nSPS) is 12.7. The van der Waals surface area contributed by atoms with Crippen molar-refractivity contribution in [2.45, 2.75) is 38.2 Å². The lowest BCUT2D eigenvalue weighted by Crippen LogP contribution is -2.37. The Balaban J connectivity index is 1.75. The van der Waals surface area contributed by atoms with Crippen LogP contribution in [0, 0.1) is 0 Å². The van der Waals surface area contributed by atoms with E-state index in [4.69, 9.17) is 21.1 Å². The highest BCUT2D eigenvalue weighted by Gasteiger charge is 2.39. The second kappa shape index (κ2) is 13.7. The summed E-state index contributed by atoms with van der Waals surface area (Å²) in [6.07, 6.45) is -13.7. The number of hydrogen-bond acceptors (Lipinski definition) is 8. The van der Waals surface area contributed by atoms with Crippen LogP contribution in [0.15, 0.2) is 53.3 Å². The molecule has 0 aliphatic rings. The first kappa shape index (κ1) is 33.5. The Morgan fingerprint density at radius 2 is 1.76 bits per heavy atom. The molecule has 0 aliphatic heterocycles. The highest BCUT2D eigenvalue weighted by Crippen LogP contribution is 2.34. The number of alkyl carbamates (subject to hydrolysis) is 1. The number of alkyl halides is 6. The monoisotopic (exact) mass is 663 g/mol. The maximum absolute atomic E-state index is 13.8. The van der Waals surface area contributed by atoms with Gasteiger partial charge >= 0.3 is 24.1 Å². The van der Waals surface area contributed by atoms with Crippen molar-refractivity contribution < 1.29 is 45.7 Å². The van der Waals surface area contributed by atoms with Gasteiger partial charge in [0.15, 0.2) is 30.2 Å². The molecule has 4 aromatic rings. The van der Waals surface area contributed by atoms with Gasteiger partial charge in [-0.15, -0.1) is 10.2 Å². The van der Waals surface area contributed by atoms with Gasteiger partial charge in [0.1, 0.15) is 6.54 Å². The minimum Gasteiger partial charge on any atom is -0.441 e. The number of nitrogens with one attached hydrogen (secondary N) is 1. The van der Waals surface area contributed by atoms with Crippen LogP contribution in [0.4, 0.5) is 31.1 Å². The zero-order valence-electron chi connectivity index (χ0n) is 23.1. The molecule has 0 spiro atoms. The van der Waals surface area contributed by atoms with Crippen LogP contribution in [0.1, 0.15) is 17.2 Å². The molecule has 0 unspecified atom stereocenters. The van der Waals surface area contributed by atoms with Crippen LogP contribution in [-0.2, 0) is 35.3 Å². The van der Waals surface area contributed by atoms with Crippen molar-refractivity contribution in [1.82, 2.24) is 34.4 Å². The first-order chi connectivity index (χ1) is 21.2. The number of aromatic nitrogens is 6. The third-order valence-electron chi connectivity index (χ3n) is 6.11. The molecule has 1 amide bonds. The molecule has 242 valence electrons. The Hall–Kier alpha value is -4.42. The summed E-state index contributed by atoms with van der Waals surface area (Å²) in [6.45, 7) is -2.25. The Kier molecular flexibility index (Phi) is 10.2. The fourth-order valence-corrected chi connectivity index (χ4v) is 4.14. The quantitative estimate of drug-likeness (QED) is 0.183.